The maximum absolute atomic E-state index is 11.7. The maximum Gasteiger partial charge on any atom is 0.349 e. The van der Waals surface area contributed by atoms with Gasteiger partial charge in [-0.3, -0.25) is 14.9 Å². The molecule has 1 saturated carbocycles. The zero-order valence-corrected chi connectivity index (χ0v) is 12.2. The second-order valence-electron chi connectivity index (χ2n) is 4.87. The molecule has 0 aliphatic heterocycles. The summed E-state index contributed by atoms with van der Waals surface area (Å²) in [6.45, 7) is -0.360. The van der Waals surface area contributed by atoms with Crippen LogP contribution < -0.4 is 5.32 Å². The number of nitrogens with zero attached hydrogens (tertiary/aromatic N) is 1. The third-order valence-corrected chi connectivity index (χ3v) is 4.29. The number of rotatable bonds is 5. The van der Waals surface area contributed by atoms with E-state index in [0.717, 1.165) is 37.0 Å². The smallest absolute Gasteiger partial charge is 0.349 e. The summed E-state index contributed by atoms with van der Waals surface area (Å²) in [5.74, 6) is -1.05. The van der Waals surface area contributed by atoms with Gasteiger partial charge in [0, 0.05) is 12.1 Å². The molecule has 8 heteroatoms. The molecule has 1 N–H and O–H groups in total. The number of nitrogens with one attached hydrogen (secondary N) is 1. The molecule has 1 fully saturated rings. The first-order valence-electron chi connectivity index (χ1n) is 6.77. The monoisotopic (exact) mass is 312 g/mol. The highest BCUT2D eigenvalue weighted by atomic mass is 32.1. The number of hydrogen-bond acceptors (Lipinski definition) is 6. The topological polar surface area (TPSA) is 98.5 Å². The lowest BCUT2D eigenvalue weighted by Crippen LogP contribution is -2.38. The van der Waals surface area contributed by atoms with Gasteiger partial charge in [0.25, 0.3) is 5.91 Å². The molecule has 0 radical (unpaired) electrons. The molecule has 7 nitrogen and oxygen atoms in total. The average Bonchev–Trinajstić information content (AvgIpc) is 2.96. The summed E-state index contributed by atoms with van der Waals surface area (Å²) in [4.78, 5) is 33.4. The van der Waals surface area contributed by atoms with Gasteiger partial charge in [0.1, 0.15) is 4.88 Å². The van der Waals surface area contributed by atoms with Crippen LogP contribution in [0.2, 0.25) is 0 Å². The van der Waals surface area contributed by atoms with Crippen LogP contribution >= 0.6 is 11.3 Å². The molecule has 114 valence electrons. The lowest BCUT2D eigenvalue weighted by molar-refractivity contribution is -0.380. The van der Waals surface area contributed by atoms with Crippen molar-refractivity contribution in [1.82, 2.24) is 5.32 Å². The minimum Gasteiger partial charge on any atom is -0.451 e. The van der Waals surface area contributed by atoms with E-state index in [4.69, 9.17) is 4.74 Å². The highest BCUT2D eigenvalue weighted by Crippen LogP contribution is 2.24. The summed E-state index contributed by atoms with van der Waals surface area (Å²) in [6, 6.07) is 2.72. The fourth-order valence-corrected chi connectivity index (χ4v) is 2.97. The van der Waals surface area contributed by atoms with Crippen LogP contribution in [0.25, 0.3) is 0 Å². The summed E-state index contributed by atoms with van der Waals surface area (Å²) in [7, 11) is 0. The van der Waals surface area contributed by atoms with E-state index in [1.165, 1.54) is 18.6 Å². The van der Waals surface area contributed by atoms with Crippen LogP contribution in [-0.4, -0.2) is 29.4 Å². The number of esters is 1. The summed E-state index contributed by atoms with van der Waals surface area (Å²) in [5, 5.41) is 13.2. The Bertz CT molecular complexity index is 536. The van der Waals surface area contributed by atoms with Crippen molar-refractivity contribution < 1.29 is 19.2 Å². The third kappa shape index (κ3) is 4.52. The summed E-state index contributed by atoms with van der Waals surface area (Å²) in [6.07, 6.45) is 5.30. The summed E-state index contributed by atoms with van der Waals surface area (Å²) >= 11 is 0.731. The molecule has 1 aliphatic rings. The van der Waals surface area contributed by atoms with Gasteiger partial charge in [-0.05, 0) is 18.9 Å². The Balaban J connectivity index is 1.77. The van der Waals surface area contributed by atoms with Crippen LogP contribution in [0.15, 0.2) is 12.1 Å². The lowest BCUT2D eigenvalue weighted by atomic mass is 9.95. The second kappa shape index (κ2) is 7.16. The molecular formula is C13H16N2O5S. The lowest BCUT2D eigenvalue weighted by Gasteiger charge is -2.22. The van der Waals surface area contributed by atoms with Crippen molar-refractivity contribution in [3.8, 4) is 0 Å². The van der Waals surface area contributed by atoms with E-state index in [9.17, 15) is 19.7 Å². The summed E-state index contributed by atoms with van der Waals surface area (Å²) in [5.41, 5.74) is 0. The van der Waals surface area contributed by atoms with Gasteiger partial charge >= 0.3 is 11.0 Å². The molecular weight excluding hydrogens is 296 g/mol. The largest absolute Gasteiger partial charge is 0.451 e. The molecule has 0 unspecified atom stereocenters. The van der Waals surface area contributed by atoms with Crippen LogP contribution in [0.4, 0.5) is 5.00 Å². The van der Waals surface area contributed by atoms with Crippen molar-refractivity contribution in [3.63, 3.8) is 0 Å². The van der Waals surface area contributed by atoms with Crippen LogP contribution in [0.3, 0.4) is 0 Å². The molecule has 1 heterocycles. The maximum atomic E-state index is 11.7. The predicted molar refractivity (Wildman–Crippen MR) is 76.3 cm³/mol. The first-order chi connectivity index (χ1) is 10.1. The van der Waals surface area contributed by atoms with Gasteiger partial charge in [0.2, 0.25) is 0 Å². The zero-order chi connectivity index (χ0) is 15.2. The Morgan fingerprint density at radius 3 is 2.67 bits per heavy atom. The van der Waals surface area contributed by atoms with Gasteiger partial charge in [-0.15, -0.1) is 0 Å². The molecule has 0 bridgehead atoms. The van der Waals surface area contributed by atoms with E-state index in [-0.39, 0.29) is 28.4 Å². The Morgan fingerprint density at radius 1 is 1.33 bits per heavy atom. The Morgan fingerprint density at radius 2 is 2.05 bits per heavy atom. The molecule has 21 heavy (non-hydrogen) atoms. The first-order valence-corrected chi connectivity index (χ1v) is 7.58. The quantitative estimate of drug-likeness (QED) is 0.511. The van der Waals surface area contributed by atoms with Crippen molar-refractivity contribution in [2.24, 2.45) is 0 Å². The Kier molecular flexibility index (Phi) is 5.26. The normalized spacial score (nSPS) is 15.4. The zero-order valence-electron chi connectivity index (χ0n) is 11.4. The van der Waals surface area contributed by atoms with Gasteiger partial charge in [-0.1, -0.05) is 30.6 Å². The van der Waals surface area contributed by atoms with E-state index in [1.54, 1.807) is 0 Å². The highest BCUT2D eigenvalue weighted by Gasteiger charge is 2.19. The molecule has 1 amide bonds. The van der Waals surface area contributed by atoms with E-state index in [2.05, 4.69) is 5.32 Å². The van der Waals surface area contributed by atoms with Crippen molar-refractivity contribution in [2.45, 2.75) is 38.1 Å². The van der Waals surface area contributed by atoms with Crippen LogP contribution in [0, 0.1) is 10.1 Å². The molecule has 0 atom stereocenters. The number of carbonyl (C=O) groups is 2. The Labute approximate surface area is 125 Å². The van der Waals surface area contributed by atoms with Crippen molar-refractivity contribution >= 4 is 28.2 Å². The molecule has 1 aliphatic carbocycles. The number of carbonyl (C=O) groups excluding carboxylic acids is 2. The third-order valence-electron chi connectivity index (χ3n) is 3.28. The number of amides is 1. The minimum absolute atomic E-state index is 0.118. The van der Waals surface area contributed by atoms with E-state index in [1.807, 2.05) is 0 Å². The SMILES string of the molecule is O=C(COC(=O)c1ccc([N+](=O)[O-])s1)NC1CCCCC1. The highest BCUT2D eigenvalue weighted by molar-refractivity contribution is 7.17. The van der Waals surface area contributed by atoms with Crippen LogP contribution in [0.1, 0.15) is 41.8 Å². The number of ether oxygens (including phenoxy) is 1. The minimum atomic E-state index is -0.716. The molecule has 0 spiro atoms. The van der Waals surface area contributed by atoms with Gasteiger partial charge in [-0.2, -0.15) is 0 Å². The van der Waals surface area contributed by atoms with Gasteiger partial charge < -0.3 is 10.1 Å². The van der Waals surface area contributed by atoms with E-state index < -0.39 is 10.9 Å². The van der Waals surface area contributed by atoms with E-state index >= 15 is 0 Å². The number of hydrogen-bond donors (Lipinski definition) is 1. The second-order valence-corrected chi connectivity index (χ2v) is 5.94. The molecule has 2 rings (SSSR count). The van der Waals surface area contributed by atoms with Gasteiger partial charge in [-0.25, -0.2) is 4.79 Å². The number of thiophene rings is 1. The van der Waals surface area contributed by atoms with Crippen molar-refractivity contribution in [3.05, 3.63) is 27.1 Å². The molecule has 0 aromatic carbocycles. The average molecular weight is 312 g/mol. The summed E-state index contributed by atoms with van der Waals surface area (Å²) < 4.78 is 4.86. The molecule has 1 aromatic heterocycles. The van der Waals surface area contributed by atoms with Crippen LogP contribution in [0.5, 0.6) is 0 Å². The van der Waals surface area contributed by atoms with E-state index in [0.29, 0.717) is 0 Å². The number of nitro groups is 1. The fourth-order valence-electron chi connectivity index (χ4n) is 2.25. The Hall–Kier alpha value is -1.96. The first kappa shape index (κ1) is 15.4. The van der Waals surface area contributed by atoms with Gasteiger partial charge in [0.05, 0.1) is 4.92 Å². The predicted octanol–water partition coefficient (Wildman–Crippen LogP) is 2.26. The van der Waals surface area contributed by atoms with Gasteiger partial charge in [0.15, 0.2) is 6.61 Å². The van der Waals surface area contributed by atoms with Crippen LogP contribution in [-0.2, 0) is 9.53 Å². The van der Waals surface area contributed by atoms with Crippen molar-refractivity contribution in [1.29, 1.82) is 0 Å². The standard InChI is InChI=1S/C13H16N2O5S/c16-11(14-9-4-2-1-3-5-9)8-20-13(17)10-6-7-12(21-10)15(18)19/h6-7,9H,1-5,8H2,(H,14,16). The molecule has 1 aromatic rings. The molecule has 0 saturated heterocycles. The fraction of sp³-hybridized carbons (Fsp3) is 0.538. The van der Waals surface area contributed by atoms with Crippen molar-refractivity contribution in [2.75, 3.05) is 6.61 Å².